The van der Waals surface area contributed by atoms with Crippen LogP contribution in [0.5, 0.6) is 0 Å². The highest BCUT2D eigenvalue weighted by molar-refractivity contribution is 5.72. The van der Waals surface area contributed by atoms with E-state index < -0.39 is 17.8 Å². The van der Waals surface area contributed by atoms with Crippen LogP contribution in [0.25, 0.3) is 0 Å². The molecule has 0 aromatic carbocycles. The molecule has 0 saturated heterocycles. The van der Waals surface area contributed by atoms with Crippen molar-refractivity contribution in [2.75, 3.05) is 12.8 Å². The molecule has 1 rings (SSSR count). The molecule has 1 aromatic rings. The molecule has 16 heavy (non-hydrogen) atoms. The molecule has 88 valence electrons. The Morgan fingerprint density at radius 1 is 1.50 bits per heavy atom. The Kier molecular flexibility index (Phi) is 3.36. The maximum Gasteiger partial charge on any atom is 0.433 e. The third kappa shape index (κ3) is 3.11. The minimum absolute atomic E-state index is 0.117. The van der Waals surface area contributed by atoms with Crippen LogP contribution >= 0.6 is 0 Å². The number of pyridine rings is 1. The number of nitrogens with zero attached hydrogens (tertiary/aromatic N) is 1. The van der Waals surface area contributed by atoms with Crippen molar-refractivity contribution >= 4 is 11.8 Å². The lowest BCUT2D eigenvalue weighted by Crippen LogP contribution is -2.12. The Hall–Kier alpha value is -1.79. The molecule has 0 fully saturated rings. The number of nitrogens with two attached hydrogens (primary N) is 1. The highest BCUT2D eigenvalue weighted by Crippen LogP contribution is 2.29. The van der Waals surface area contributed by atoms with Crippen molar-refractivity contribution in [1.29, 1.82) is 0 Å². The highest BCUT2D eigenvalue weighted by Gasteiger charge is 2.33. The summed E-state index contributed by atoms with van der Waals surface area (Å²) < 4.78 is 41.3. The predicted molar refractivity (Wildman–Crippen MR) is 49.4 cm³/mol. The van der Waals surface area contributed by atoms with Crippen LogP contribution in [0.3, 0.4) is 0 Å². The highest BCUT2D eigenvalue weighted by atomic mass is 19.4. The first-order valence-electron chi connectivity index (χ1n) is 4.23. The lowest BCUT2D eigenvalue weighted by Gasteiger charge is -2.08. The van der Waals surface area contributed by atoms with E-state index in [1.165, 1.54) is 6.07 Å². The van der Waals surface area contributed by atoms with E-state index in [1.807, 2.05) is 0 Å². The number of aromatic nitrogens is 1. The molecule has 0 amide bonds. The zero-order valence-electron chi connectivity index (χ0n) is 8.34. The lowest BCUT2D eigenvalue weighted by atomic mass is 10.1. The van der Waals surface area contributed by atoms with Crippen molar-refractivity contribution in [1.82, 2.24) is 4.98 Å². The number of alkyl halides is 3. The summed E-state index contributed by atoms with van der Waals surface area (Å²) in [7, 11) is 1.15. The molecule has 0 unspecified atom stereocenters. The first kappa shape index (κ1) is 12.3. The van der Waals surface area contributed by atoms with E-state index in [2.05, 4.69) is 9.72 Å². The van der Waals surface area contributed by atoms with E-state index in [0.29, 0.717) is 0 Å². The van der Waals surface area contributed by atoms with E-state index in [4.69, 9.17) is 5.73 Å². The molecular formula is C9H9F3N2O2. The van der Waals surface area contributed by atoms with Crippen molar-refractivity contribution in [2.24, 2.45) is 0 Å². The van der Waals surface area contributed by atoms with Gasteiger partial charge >= 0.3 is 12.1 Å². The number of ether oxygens (including phenoxy) is 1. The number of rotatable bonds is 2. The van der Waals surface area contributed by atoms with Gasteiger partial charge in [-0.3, -0.25) is 4.79 Å². The largest absolute Gasteiger partial charge is 0.469 e. The van der Waals surface area contributed by atoms with Crippen molar-refractivity contribution in [3.8, 4) is 0 Å². The summed E-state index contributed by atoms with van der Waals surface area (Å²) in [6.45, 7) is 0. The van der Waals surface area contributed by atoms with E-state index in [9.17, 15) is 18.0 Å². The van der Waals surface area contributed by atoms with Gasteiger partial charge in [0.15, 0.2) is 0 Å². The predicted octanol–water partition coefficient (Wildman–Crippen LogP) is 1.40. The second-order valence-electron chi connectivity index (χ2n) is 3.04. The van der Waals surface area contributed by atoms with Gasteiger partial charge in [0, 0.05) is 0 Å². The van der Waals surface area contributed by atoms with Gasteiger partial charge < -0.3 is 10.5 Å². The van der Waals surface area contributed by atoms with E-state index in [1.54, 1.807) is 0 Å². The average Bonchev–Trinajstić information content (AvgIpc) is 2.15. The topological polar surface area (TPSA) is 65.2 Å². The summed E-state index contributed by atoms with van der Waals surface area (Å²) in [5.74, 6) is -0.924. The van der Waals surface area contributed by atoms with Gasteiger partial charge in [0.1, 0.15) is 11.5 Å². The van der Waals surface area contributed by atoms with Crippen molar-refractivity contribution in [3.63, 3.8) is 0 Å². The number of carbonyl (C=O) groups excluding carboxylic acids is 1. The van der Waals surface area contributed by atoms with Crippen LogP contribution in [0, 0.1) is 0 Å². The number of methoxy groups -OCH3 is 1. The number of anilines is 1. The van der Waals surface area contributed by atoms with E-state index in [-0.39, 0.29) is 17.8 Å². The molecule has 1 heterocycles. The van der Waals surface area contributed by atoms with Gasteiger partial charge in [-0.2, -0.15) is 13.2 Å². The van der Waals surface area contributed by atoms with Crippen molar-refractivity contribution in [3.05, 3.63) is 23.4 Å². The molecule has 1 aromatic heterocycles. The van der Waals surface area contributed by atoms with Crippen LogP contribution in [0.1, 0.15) is 11.3 Å². The standard InChI is InChI=1S/C9H9F3N2O2/c1-16-8(15)4-5-2-6(9(10,11)12)14-7(13)3-5/h2-3H,4H2,1H3,(H2,13,14). The van der Waals surface area contributed by atoms with Crippen LogP contribution in [-0.2, 0) is 22.1 Å². The number of esters is 1. The molecule has 7 heteroatoms. The fraction of sp³-hybridized carbons (Fsp3) is 0.333. The Labute approximate surface area is 89.2 Å². The second kappa shape index (κ2) is 4.38. The third-order valence-corrected chi connectivity index (χ3v) is 1.77. The van der Waals surface area contributed by atoms with Crippen LogP contribution in [0.4, 0.5) is 19.0 Å². The number of hydrogen-bond donors (Lipinski definition) is 1. The van der Waals surface area contributed by atoms with Crippen molar-refractivity contribution < 1.29 is 22.7 Å². The smallest absolute Gasteiger partial charge is 0.433 e. The molecule has 4 nitrogen and oxygen atoms in total. The lowest BCUT2D eigenvalue weighted by molar-refractivity contribution is -0.142. The molecule has 0 radical (unpaired) electrons. The van der Waals surface area contributed by atoms with E-state index >= 15 is 0 Å². The van der Waals surface area contributed by atoms with Crippen LogP contribution in [-0.4, -0.2) is 18.1 Å². The Morgan fingerprint density at radius 2 is 2.12 bits per heavy atom. The normalized spacial score (nSPS) is 11.2. The molecule has 0 aliphatic heterocycles. The first-order chi connectivity index (χ1) is 7.32. The van der Waals surface area contributed by atoms with Gasteiger partial charge in [0.05, 0.1) is 13.5 Å². The molecule has 0 spiro atoms. The fourth-order valence-corrected chi connectivity index (χ4v) is 1.10. The van der Waals surface area contributed by atoms with Gasteiger partial charge in [-0.05, 0) is 17.7 Å². The van der Waals surface area contributed by atoms with E-state index in [0.717, 1.165) is 13.2 Å². The molecule has 0 aliphatic carbocycles. The minimum Gasteiger partial charge on any atom is -0.469 e. The molecule has 0 bridgehead atoms. The van der Waals surface area contributed by atoms with Gasteiger partial charge in [0.25, 0.3) is 0 Å². The maximum atomic E-state index is 12.3. The average molecular weight is 234 g/mol. The van der Waals surface area contributed by atoms with Crippen molar-refractivity contribution in [2.45, 2.75) is 12.6 Å². The minimum atomic E-state index is -4.58. The molecule has 0 saturated carbocycles. The summed E-state index contributed by atoms with van der Waals surface area (Å²) in [5, 5.41) is 0. The third-order valence-electron chi connectivity index (χ3n) is 1.77. The summed E-state index contributed by atoms with van der Waals surface area (Å²) >= 11 is 0. The zero-order chi connectivity index (χ0) is 12.3. The van der Waals surface area contributed by atoms with Gasteiger partial charge in [-0.25, -0.2) is 4.98 Å². The summed E-state index contributed by atoms with van der Waals surface area (Å²) in [4.78, 5) is 14.0. The SMILES string of the molecule is COC(=O)Cc1cc(N)nc(C(F)(F)F)c1. The van der Waals surface area contributed by atoms with Crippen LogP contribution in [0.2, 0.25) is 0 Å². The second-order valence-corrected chi connectivity index (χ2v) is 3.04. The zero-order valence-corrected chi connectivity index (χ0v) is 8.34. The summed E-state index contributed by atoms with van der Waals surface area (Å²) in [5.41, 5.74) is 4.21. The summed E-state index contributed by atoms with van der Waals surface area (Å²) in [6, 6.07) is 1.97. The number of halogens is 3. The Balaban J connectivity index is 3.04. The number of hydrogen-bond acceptors (Lipinski definition) is 4. The molecule has 0 aliphatic rings. The maximum absolute atomic E-state index is 12.3. The number of carbonyl (C=O) groups is 1. The Morgan fingerprint density at radius 3 is 2.62 bits per heavy atom. The fourth-order valence-electron chi connectivity index (χ4n) is 1.10. The van der Waals surface area contributed by atoms with Gasteiger partial charge in [-0.1, -0.05) is 0 Å². The van der Waals surface area contributed by atoms with Crippen LogP contribution < -0.4 is 5.73 Å². The summed E-state index contributed by atoms with van der Waals surface area (Å²) in [6.07, 6.45) is -4.85. The van der Waals surface area contributed by atoms with Crippen LogP contribution in [0.15, 0.2) is 12.1 Å². The monoisotopic (exact) mass is 234 g/mol. The molecule has 2 N–H and O–H groups in total. The van der Waals surface area contributed by atoms with Gasteiger partial charge in [0.2, 0.25) is 0 Å². The Bertz CT molecular complexity index is 404. The quantitative estimate of drug-likeness (QED) is 0.785. The van der Waals surface area contributed by atoms with Gasteiger partial charge in [-0.15, -0.1) is 0 Å². The number of nitrogen functional groups attached to an aromatic ring is 1. The molecular weight excluding hydrogens is 225 g/mol. The first-order valence-corrected chi connectivity index (χ1v) is 4.23. The molecule has 0 atom stereocenters.